The monoisotopic (exact) mass is 818 g/mol. The van der Waals surface area contributed by atoms with Gasteiger partial charge in [-0.1, -0.05) is 177 Å². The van der Waals surface area contributed by atoms with Gasteiger partial charge in [0, 0.05) is 11.4 Å². The summed E-state index contributed by atoms with van der Waals surface area (Å²) in [4.78, 5) is 5.40. The highest BCUT2D eigenvalue weighted by Crippen LogP contribution is 2.57. The fourth-order valence-electron chi connectivity index (χ4n) is 12.7. The molecule has 0 spiro atoms. The Morgan fingerprint density at radius 3 is 1.08 bits per heavy atom. The molecule has 10 aromatic rings. The summed E-state index contributed by atoms with van der Waals surface area (Å²) in [6.45, 7) is 18.3. The zero-order chi connectivity index (χ0) is 43.4. The molecule has 0 fully saturated rings. The molecule has 0 aromatic heterocycles. The average molecular weight is 819 g/mol. The molecule has 3 aliphatic rings. The molecule has 3 aliphatic heterocycles. The Morgan fingerprint density at radius 2 is 0.672 bits per heavy atom. The minimum Gasteiger partial charge on any atom is -0.307 e. The Morgan fingerprint density at radius 1 is 0.297 bits per heavy atom. The summed E-state index contributed by atoms with van der Waals surface area (Å²) >= 11 is 0. The first kappa shape index (κ1) is 37.5. The molecule has 3 heterocycles. The van der Waals surface area contributed by atoms with Gasteiger partial charge in [-0.15, -0.1) is 0 Å². The third-order valence-corrected chi connectivity index (χ3v) is 15.0. The third kappa shape index (κ3) is 5.11. The van der Waals surface area contributed by atoms with Gasteiger partial charge in [0.05, 0.1) is 22.7 Å². The van der Waals surface area contributed by atoms with Crippen LogP contribution in [0.4, 0.5) is 34.1 Å². The molecule has 0 atom stereocenters. The summed E-state index contributed by atoms with van der Waals surface area (Å²) in [5.74, 6) is 0. The zero-order valence-electron chi connectivity index (χ0n) is 37.9. The molecule has 0 saturated carbocycles. The van der Waals surface area contributed by atoms with Crippen LogP contribution in [0.5, 0.6) is 0 Å². The fraction of sp³-hybridized carbons (Fsp3) is 0.133. The second-order valence-electron chi connectivity index (χ2n) is 19.4. The van der Waals surface area contributed by atoms with E-state index in [1.54, 1.807) is 0 Å². The van der Waals surface area contributed by atoms with Gasteiger partial charge >= 0.3 is 0 Å². The summed E-state index contributed by atoms with van der Waals surface area (Å²) in [6, 6.07) is 57.0. The van der Waals surface area contributed by atoms with Crippen LogP contribution in [0.15, 0.2) is 146 Å². The number of rotatable bonds is 2. The van der Waals surface area contributed by atoms with E-state index >= 15 is 0 Å². The van der Waals surface area contributed by atoms with Crippen molar-refractivity contribution in [1.82, 2.24) is 0 Å². The van der Waals surface area contributed by atoms with E-state index in [4.69, 9.17) is 0 Å². The van der Waals surface area contributed by atoms with Crippen LogP contribution in [0, 0.1) is 55.4 Å². The van der Waals surface area contributed by atoms with Crippen LogP contribution in [-0.2, 0) is 0 Å². The number of aryl methyl sites for hydroxylation is 8. The number of benzene rings is 10. The Balaban J connectivity index is 1.26. The smallest absolute Gasteiger partial charge is 0.248 e. The number of hydrogen-bond donors (Lipinski definition) is 0. The van der Waals surface area contributed by atoms with Crippen molar-refractivity contribution in [3.8, 4) is 0 Å². The van der Waals surface area contributed by atoms with E-state index in [9.17, 15) is 0 Å². The predicted molar refractivity (Wildman–Crippen MR) is 279 cm³/mol. The predicted octanol–water partition coefficient (Wildman–Crippen LogP) is 11.7. The van der Waals surface area contributed by atoms with Crippen LogP contribution in [0.2, 0.25) is 0 Å². The van der Waals surface area contributed by atoms with Gasteiger partial charge in [0.1, 0.15) is 0 Å². The van der Waals surface area contributed by atoms with Gasteiger partial charge in [0.2, 0.25) is 13.4 Å². The zero-order valence-corrected chi connectivity index (χ0v) is 37.9. The summed E-state index contributed by atoms with van der Waals surface area (Å²) in [5.41, 5.74) is 26.4. The molecule has 2 nitrogen and oxygen atoms in total. The minimum absolute atomic E-state index is 0.00698. The lowest BCUT2D eigenvalue weighted by atomic mass is 9.32. The van der Waals surface area contributed by atoms with Gasteiger partial charge in [-0.2, -0.15) is 0 Å². The van der Waals surface area contributed by atoms with Crippen LogP contribution >= 0.6 is 0 Å². The summed E-state index contributed by atoms with van der Waals surface area (Å²) in [7, 11) is 0. The highest BCUT2D eigenvalue weighted by Gasteiger charge is 2.48. The van der Waals surface area contributed by atoms with Crippen LogP contribution < -0.4 is 42.6 Å². The van der Waals surface area contributed by atoms with E-state index in [1.165, 1.54) is 154 Å². The number of hydrogen-bond acceptors (Lipinski definition) is 2. The van der Waals surface area contributed by atoms with Gasteiger partial charge in [-0.25, -0.2) is 0 Å². The van der Waals surface area contributed by atoms with E-state index in [-0.39, 0.29) is 13.4 Å². The number of fused-ring (bicyclic) bond motifs is 12. The molecule has 0 amide bonds. The Hall–Kier alpha value is -7.03. The van der Waals surface area contributed by atoms with E-state index in [0.29, 0.717) is 0 Å². The van der Waals surface area contributed by atoms with Crippen LogP contribution in [-0.4, -0.2) is 13.4 Å². The maximum atomic E-state index is 2.70. The van der Waals surface area contributed by atoms with E-state index < -0.39 is 0 Å². The highest BCUT2D eigenvalue weighted by atomic mass is 15.3. The van der Waals surface area contributed by atoms with Gasteiger partial charge < -0.3 is 9.80 Å². The second-order valence-corrected chi connectivity index (χ2v) is 19.4. The topological polar surface area (TPSA) is 6.48 Å². The quantitative estimate of drug-likeness (QED) is 0.160. The lowest BCUT2D eigenvalue weighted by molar-refractivity contribution is 1.19. The van der Waals surface area contributed by atoms with Crippen molar-refractivity contribution < 1.29 is 0 Å². The van der Waals surface area contributed by atoms with Crippen molar-refractivity contribution >= 4 is 123 Å². The van der Waals surface area contributed by atoms with Crippen molar-refractivity contribution in [2.75, 3.05) is 9.80 Å². The standard InChI is InChI=1S/C60H48B2N2/c1-33-17-19-41-29-51-49(27-45(41)25-33)61(55-37(5)21-35(3)22-38(55)6)57-47-15-11-9-13-43(47)32-54-59(57)63(51)53-31-44-14-10-12-16-48(44)58-60(53)64(54)52-30-42-20-18-34(2)26-46(42)28-50(52)62(58)56-39(7)23-36(4)24-40(56)8/h9-32H,1-8H3. The highest BCUT2D eigenvalue weighted by molar-refractivity contribution is 7.01. The fourth-order valence-corrected chi connectivity index (χ4v) is 12.7. The molecule has 4 heteroatoms. The molecule has 0 unspecified atom stereocenters. The lowest BCUT2D eigenvalue weighted by Crippen LogP contribution is -2.62. The summed E-state index contributed by atoms with van der Waals surface area (Å²) < 4.78 is 0. The molecule has 13 rings (SSSR count). The Kier molecular flexibility index (Phi) is 7.77. The van der Waals surface area contributed by atoms with Crippen molar-refractivity contribution in [1.29, 1.82) is 0 Å². The Bertz CT molecular complexity index is 3460. The van der Waals surface area contributed by atoms with Gasteiger partial charge in [-0.3, -0.25) is 0 Å². The third-order valence-electron chi connectivity index (χ3n) is 15.0. The molecule has 0 bridgehead atoms. The molecule has 0 radical (unpaired) electrons. The first-order chi connectivity index (χ1) is 31.0. The molecule has 10 aromatic carbocycles. The molecule has 0 aliphatic carbocycles. The number of anilines is 6. The van der Waals surface area contributed by atoms with Gasteiger partial charge in [0.15, 0.2) is 0 Å². The first-order valence-corrected chi connectivity index (χ1v) is 23.0. The molecular weight excluding hydrogens is 770 g/mol. The van der Waals surface area contributed by atoms with Crippen molar-refractivity contribution in [2.45, 2.75) is 55.4 Å². The van der Waals surface area contributed by atoms with Crippen molar-refractivity contribution in [3.63, 3.8) is 0 Å². The van der Waals surface area contributed by atoms with E-state index in [0.717, 1.165) is 0 Å². The summed E-state index contributed by atoms with van der Waals surface area (Å²) in [6.07, 6.45) is 0. The largest absolute Gasteiger partial charge is 0.307 e. The molecule has 64 heavy (non-hydrogen) atoms. The molecule has 304 valence electrons. The Labute approximate surface area is 377 Å². The van der Waals surface area contributed by atoms with Gasteiger partial charge in [0.25, 0.3) is 0 Å². The first-order valence-electron chi connectivity index (χ1n) is 23.0. The van der Waals surface area contributed by atoms with E-state index in [1.807, 2.05) is 0 Å². The number of nitrogens with zero attached hydrogens (tertiary/aromatic N) is 2. The maximum Gasteiger partial charge on any atom is 0.248 e. The average Bonchev–Trinajstić information content (AvgIpc) is 3.26. The van der Waals surface area contributed by atoms with Crippen LogP contribution in [0.25, 0.3) is 43.1 Å². The second kappa shape index (κ2) is 13.3. The normalized spacial score (nSPS) is 13.5. The molecule has 0 saturated heterocycles. The van der Waals surface area contributed by atoms with Crippen LogP contribution in [0.3, 0.4) is 0 Å². The minimum atomic E-state index is 0.00698. The van der Waals surface area contributed by atoms with Crippen molar-refractivity contribution in [3.05, 3.63) is 190 Å². The van der Waals surface area contributed by atoms with Crippen molar-refractivity contribution in [2.24, 2.45) is 0 Å². The molecular formula is C60H48B2N2. The summed E-state index contributed by atoms with van der Waals surface area (Å²) in [5, 5.41) is 10.2. The van der Waals surface area contributed by atoms with Crippen LogP contribution in [0.1, 0.15) is 44.5 Å². The lowest BCUT2D eigenvalue weighted by Gasteiger charge is -2.50. The molecule has 0 N–H and O–H groups in total. The van der Waals surface area contributed by atoms with E-state index in [2.05, 4.69) is 211 Å². The SMILES string of the molecule is Cc1cc(C)c(B2c3cc4cc(C)ccc4cc3N3c4cc5ccccc5c5c4N(c4cc6ccc(C)cc6cc4B5c4c(C)cc(C)cc4C)c4cc5ccccc5c2c43)c(C)c1. The van der Waals surface area contributed by atoms with Gasteiger partial charge in [-0.05, 0) is 145 Å². The maximum absolute atomic E-state index is 2.70.